The van der Waals surface area contributed by atoms with Crippen molar-refractivity contribution in [2.45, 2.75) is 13.0 Å². The molecule has 2 aromatic rings. The zero-order valence-corrected chi connectivity index (χ0v) is 15.0. The number of benzene rings is 1. The molecule has 1 amide bonds. The van der Waals surface area contributed by atoms with E-state index in [1.807, 2.05) is 24.1 Å². The van der Waals surface area contributed by atoms with E-state index in [1.165, 1.54) is 0 Å². The number of hydrogen-bond acceptors (Lipinski definition) is 6. The van der Waals surface area contributed by atoms with E-state index < -0.39 is 0 Å². The Morgan fingerprint density at radius 2 is 1.96 bits per heavy atom. The van der Waals surface area contributed by atoms with Gasteiger partial charge in [-0.25, -0.2) is 0 Å². The predicted octanol–water partition coefficient (Wildman–Crippen LogP) is 1.64. The minimum absolute atomic E-state index is 0.205. The summed E-state index contributed by atoms with van der Waals surface area (Å²) >= 11 is 5.89. The van der Waals surface area contributed by atoms with Crippen LogP contribution in [0.4, 0.5) is 0 Å². The summed E-state index contributed by atoms with van der Waals surface area (Å²) in [6.07, 6.45) is 0.546. The minimum atomic E-state index is 0.205. The molecule has 0 radical (unpaired) electrons. The van der Waals surface area contributed by atoms with Crippen LogP contribution in [-0.4, -0.2) is 65.6 Å². The lowest BCUT2D eigenvalue weighted by Gasteiger charge is -2.34. The summed E-state index contributed by atoms with van der Waals surface area (Å²) in [5, 5.41) is 7.71. The predicted molar refractivity (Wildman–Crippen MR) is 95.1 cm³/mol. The number of nitrogens with one attached hydrogen (secondary N) is 1. The minimum Gasteiger partial charge on any atom is -0.340 e. The van der Waals surface area contributed by atoms with E-state index in [9.17, 15) is 4.79 Å². The van der Waals surface area contributed by atoms with E-state index in [-0.39, 0.29) is 5.91 Å². The van der Waals surface area contributed by atoms with Crippen LogP contribution in [0, 0.1) is 0 Å². The van der Waals surface area contributed by atoms with Crippen LogP contribution in [0.1, 0.15) is 12.3 Å². The molecule has 2 heterocycles. The van der Waals surface area contributed by atoms with E-state index in [0.29, 0.717) is 36.2 Å². The van der Waals surface area contributed by atoms with Gasteiger partial charge in [0, 0.05) is 49.7 Å². The normalized spacial score (nSPS) is 15.5. The molecule has 1 saturated heterocycles. The maximum Gasteiger partial charge on any atom is 0.241 e. The van der Waals surface area contributed by atoms with Gasteiger partial charge in [-0.05, 0) is 31.3 Å². The Morgan fingerprint density at radius 1 is 1.24 bits per heavy atom. The maximum atomic E-state index is 12.0. The molecule has 1 aliphatic rings. The highest BCUT2D eigenvalue weighted by atomic mass is 35.5. The summed E-state index contributed by atoms with van der Waals surface area (Å²) < 4.78 is 5.35. The van der Waals surface area contributed by atoms with Gasteiger partial charge in [0.15, 0.2) is 0 Å². The highest BCUT2D eigenvalue weighted by Crippen LogP contribution is 2.19. The molecule has 25 heavy (non-hydrogen) atoms. The van der Waals surface area contributed by atoms with Gasteiger partial charge in [-0.2, -0.15) is 4.98 Å². The fourth-order valence-electron chi connectivity index (χ4n) is 2.77. The molecule has 1 aliphatic heterocycles. The van der Waals surface area contributed by atoms with Crippen molar-refractivity contribution in [2.24, 2.45) is 0 Å². The molecular formula is C17H22ClN5O2. The van der Waals surface area contributed by atoms with Gasteiger partial charge in [0.2, 0.25) is 17.6 Å². The first kappa shape index (κ1) is 17.8. The highest BCUT2D eigenvalue weighted by molar-refractivity contribution is 6.30. The fourth-order valence-corrected chi connectivity index (χ4v) is 2.90. The molecular weight excluding hydrogens is 342 g/mol. The van der Waals surface area contributed by atoms with E-state index in [0.717, 1.165) is 31.7 Å². The third-order valence-corrected chi connectivity index (χ3v) is 4.50. The lowest BCUT2D eigenvalue weighted by atomic mass is 10.2. The Balaban J connectivity index is 1.51. The van der Waals surface area contributed by atoms with Gasteiger partial charge in [-0.15, -0.1) is 0 Å². The molecule has 1 N–H and O–H groups in total. The van der Waals surface area contributed by atoms with E-state index >= 15 is 0 Å². The number of amides is 1. The number of nitrogens with zero attached hydrogens (tertiary/aromatic N) is 4. The number of carbonyl (C=O) groups excluding carboxylic acids is 1. The molecule has 134 valence electrons. The molecule has 1 fully saturated rings. The Labute approximate surface area is 151 Å². The summed E-state index contributed by atoms with van der Waals surface area (Å²) in [7, 11) is 1.86. The number of halogens is 1. The van der Waals surface area contributed by atoms with Crippen LogP contribution >= 0.6 is 11.6 Å². The third-order valence-electron chi connectivity index (χ3n) is 4.24. The second kappa shape index (κ2) is 8.42. The molecule has 3 rings (SSSR count). The van der Waals surface area contributed by atoms with Crippen LogP contribution in [0.2, 0.25) is 5.02 Å². The summed E-state index contributed by atoms with van der Waals surface area (Å²) in [4.78, 5) is 20.6. The van der Waals surface area contributed by atoms with Crippen LogP contribution in [0.5, 0.6) is 0 Å². The molecule has 0 spiro atoms. The summed E-state index contributed by atoms with van der Waals surface area (Å²) in [5.74, 6) is 1.35. The number of carbonyl (C=O) groups is 1. The molecule has 1 aromatic heterocycles. The second-order valence-corrected chi connectivity index (χ2v) is 6.47. The highest BCUT2D eigenvalue weighted by Gasteiger charge is 2.22. The van der Waals surface area contributed by atoms with Gasteiger partial charge in [0.25, 0.3) is 0 Å². The Kier molecular flexibility index (Phi) is 6.01. The van der Waals surface area contributed by atoms with Gasteiger partial charge < -0.3 is 14.7 Å². The summed E-state index contributed by atoms with van der Waals surface area (Å²) in [6, 6.07) is 7.34. The molecule has 0 atom stereocenters. The molecule has 0 saturated carbocycles. The van der Waals surface area contributed by atoms with Crippen LogP contribution in [0.3, 0.4) is 0 Å². The Bertz CT molecular complexity index is 695. The molecule has 0 bridgehead atoms. The number of piperazine rings is 1. The van der Waals surface area contributed by atoms with Crippen LogP contribution in [0.15, 0.2) is 28.8 Å². The molecule has 0 aliphatic carbocycles. The monoisotopic (exact) mass is 363 g/mol. The molecule has 7 nitrogen and oxygen atoms in total. The first-order chi connectivity index (χ1) is 12.2. The first-order valence-corrected chi connectivity index (χ1v) is 8.77. The van der Waals surface area contributed by atoms with Crippen molar-refractivity contribution in [3.05, 3.63) is 35.2 Å². The number of aromatic nitrogens is 2. The van der Waals surface area contributed by atoms with Crippen molar-refractivity contribution < 1.29 is 9.32 Å². The van der Waals surface area contributed by atoms with Crippen molar-refractivity contribution in [1.82, 2.24) is 25.3 Å². The van der Waals surface area contributed by atoms with Crippen LogP contribution < -0.4 is 5.32 Å². The zero-order chi connectivity index (χ0) is 17.6. The fraction of sp³-hybridized carbons (Fsp3) is 0.471. The number of rotatable bonds is 6. The quantitative estimate of drug-likeness (QED) is 0.841. The van der Waals surface area contributed by atoms with Gasteiger partial charge in [0.05, 0.1) is 6.54 Å². The van der Waals surface area contributed by atoms with Crippen molar-refractivity contribution in [3.8, 4) is 11.4 Å². The van der Waals surface area contributed by atoms with E-state index in [4.69, 9.17) is 16.1 Å². The lowest BCUT2D eigenvalue weighted by Crippen LogP contribution is -2.48. The average molecular weight is 364 g/mol. The van der Waals surface area contributed by atoms with Crippen molar-refractivity contribution >= 4 is 17.5 Å². The topological polar surface area (TPSA) is 74.5 Å². The zero-order valence-electron chi connectivity index (χ0n) is 14.2. The Hall–Kier alpha value is -1.96. The SMILES string of the molecule is CNCCC(=O)N1CCN(Cc2nc(-c3ccc(Cl)cc3)no2)CC1. The van der Waals surface area contributed by atoms with Crippen molar-refractivity contribution in [1.29, 1.82) is 0 Å². The van der Waals surface area contributed by atoms with Gasteiger partial charge in [0.1, 0.15) is 0 Å². The first-order valence-electron chi connectivity index (χ1n) is 8.39. The van der Waals surface area contributed by atoms with Gasteiger partial charge in [-0.1, -0.05) is 16.8 Å². The maximum absolute atomic E-state index is 12.0. The molecule has 1 aromatic carbocycles. The Morgan fingerprint density at radius 3 is 2.64 bits per heavy atom. The largest absolute Gasteiger partial charge is 0.340 e. The van der Waals surface area contributed by atoms with Gasteiger partial charge in [-0.3, -0.25) is 9.69 Å². The summed E-state index contributed by atoms with van der Waals surface area (Å²) in [6.45, 7) is 4.41. The van der Waals surface area contributed by atoms with Crippen molar-refractivity contribution in [2.75, 3.05) is 39.8 Å². The van der Waals surface area contributed by atoms with Crippen LogP contribution in [-0.2, 0) is 11.3 Å². The average Bonchev–Trinajstić information content (AvgIpc) is 3.09. The van der Waals surface area contributed by atoms with E-state index in [1.54, 1.807) is 12.1 Å². The van der Waals surface area contributed by atoms with Gasteiger partial charge >= 0.3 is 0 Å². The standard InChI is InChI=1S/C17H22ClN5O2/c1-19-7-6-16(24)23-10-8-22(9-11-23)12-15-20-17(21-25-15)13-2-4-14(18)5-3-13/h2-5,19H,6-12H2,1H3. The smallest absolute Gasteiger partial charge is 0.241 e. The van der Waals surface area contributed by atoms with Crippen LogP contribution in [0.25, 0.3) is 11.4 Å². The second-order valence-electron chi connectivity index (χ2n) is 6.03. The number of hydrogen-bond donors (Lipinski definition) is 1. The molecule has 8 heteroatoms. The lowest BCUT2D eigenvalue weighted by molar-refractivity contribution is -0.132. The summed E-state index contributed by atoms with van der Waals surface area (Å²) in [5.41, 5.74) is 0.874. The molecule has 0 unspecified atom stereocenters. The van der Waals surface area contributed by atoms with E-state index in [2.05, 4.69) is 20.4 Å². The van der Waals surface area contributed by atoms with Crippen molar-refractivity contribution in [3.63, 3.8) is 0 Å². The third kappa shape index (κ3) is 4.78.